The van der Waals surface area contributed by atoms with E-state index in [0.717, 1.165) is 5.69 Å². The highest BCUT2D eigenvalue weighted by atomic mass is 16.7. The number of aromatic hydroxyl groups is 2. The molecule has 0 aliphatic carbocycles. The molecule has 19 heavy (non-hydrogen) atoms. The molecular weight excluding hydrogens is 246 g/mol. The van der Waals surface area contributed by atoms with Crippen molar-refractivity contribution in [3.63, 3.8) is 0 Å². The highest BCUT2D eigenvalue weighted by Crippen LogP contribution is 2.37. The molecule has 0 saturated heterocycles. The number of phenols is 2. The van der Waals surface area contributed by atoms with Crippen molar-refractivity contribution in [2.75, 3.05) is 12.1 Å². The van der Waals surface area contributed by atoms with Crippen LogP contribution < -0.4 is 14.8 Å². The Morgan fingerprint density at radius 2 is 1.84 bits per heavy atom. The fraction of sp³-hybridized carbons (Fsp3) is 0.143. The van der Waals surface area contributed by atoms with Crippen LogP contribution in [0.4, 0.5) is 5.69 Å². The highest BCUT2D eigenvalue weighted by Gasteiger charge is 2.16. The summed E-state index contributed by atoms with van der Waals surface area (Å²) in [4.78, 5) is 0. The largest absolute Gasteiger partial charge is 0.508 e. The van der Waals surface area contributed by atoms with Crippen LogP contribution in [0.2, 0.25) is 0 Å². The molecule has 5 heteroatoms. The van der Waals surface area contributed by atoms with E-state index >= 15 is 0 Å². The average Bonchev–Trinajstić information content (AvgIpc) is 2.83. The second-order valence-electron chi connectivity index (χ2n) is 4.24. The van der Waals surface area contributed by atoms with Crippen LogP contribution in [0.3, 0.4) is 0 Å². The minimum Gasteiger partial charge on any atom is -0.508 e. The van der Waals surface area contributed by atoms with E-state index in [2.05, 4.69) is 5.32 Å². The van der Waals surface area contributed by atoms with Crippen LogP contribution >= 0.6 is 0 Å². The van der Waals surface area contributed by atoms with E-state index < -0.39 is 0 Å². The van der Waals surface area contributed by atoms with Gasteiger partial charge in [-0.1, -0.05) is 6.07 Å². The number of benzene rings is 2. The first-order valence-electron chi connectivity index (χ1n) is 5.87. The average molecular weight is 259 g/mol. The van der Waals surface area contributed by atoms with Gasteiger partial charge in [0, 0.05) is 29.9 Å². The van der Waals surface area contributed by atoms with Gasteiger partial charge in [0.05, 0.1) is 0 Å². The zero-order valence-corrected chi connectivity index (χ0v) is 10.1. The van der Waals surface area contributed by atoms with Gasteiger partial charge in [0.2, 0.25) is 6.79 Å². The number of anilines is 1. The molecular formula is C14H13NO4. The van der Waals surface area contributed by atoms with Crippen molar-refractivity contribution in [1.29, 1.82) is 0 Å². The van der Waals surface area contributed by atoms with Crippen molar-refractivity contribution in [3.8, 4) is 23.0 Å². The lowest BCUT2D eigenvalue weighted by Crippen LogP contribution is -1.99. The molecule has 2 aromatic rings. The Morgan fingerprint density at radius 3 is 2.63 bits per heavy atom. The van der Waals surface area contributed by atoms with Gasteiger partial charge >= 0.3 is 0 Å². The zero-order valence-electron chi connectivity index (χ0n) is 10.1. The summed E-state index contributed by atoms with van der Waals surface area (Å²) in [5, 5.41) is 22.4. The molecule has 0 saturated carbocycles. The Bertz CT molecular complexity index is 612. The molecule has 1 aliphatic rings. The number of rotatable bonds is 3. The molecule has 0 unspecified atom stereocenters. The molecule has 1 aliphatic heterocycles. The number of ether oxygens (including phenoxy) is 2. The Balaban J connectivity index is 1.77. The van der Waals surface area contributed by atoms with Gasteiger partial charge in [0.15, 0.2) is 11.5 Å². The van der Waals surface area contributed by atoms with Crippen molar-refractivity contribution < 1.29 is 19.7 Å². The smallest absolute Gasteiger partial charge is 0.231 e. The van der Waals surface area contributed by atoms with Gasteiger partial charge in [-0.25, -0.2) is 0 Å². The third kappa shape index (κ3) is 2.35. The minimum absolute atomic E-state index is 0.150. The molecule has 3 rings (SSSR count). The van der Waals surface area contributed by atoms with Gasteiger partial charge in [0.25, 0.3) is 0 Å². The fourth-order valence-corrected chi connectivity index (χ4v) is 1.93. The number of hydrogen-bond acceptors (Lipinski definition) is 5. The lowest BCUT2D eigenvalue weighted by Gasteiger charge is -2.09. The van der Waals surface area contributed by atoms with Crippen LogP contribution in [0.1, 0.15) is 5.56 Å². The quantitative estimate of drug-likeness (QED) is 0.789. The monoisotopic (exact) mass is 259 g/mol. The van der Waals surface area contributed by atoms with Crippen molar-refractivity contribution in [3.05, 3.63) is 42.0 Å². The summed E-state index contributed by atoms with van der Waals surface area (Å²) in [6.07, 6.45) is 0. The van der Waals surface area contributed by atoms with E-state index in [-0.39, 0.29) is 18.3 Å². The van der Waals surface area contributed by atoms with Crippen LogP contribution in [0.25, 0.3) is 0 Å². The van der Waals surface area contributed by atoms with Gasteiger partial charge in [-0.3, -0.25) is 0 Å². The zero-order chi connectivity index (χ0) is 13.2. The molecule has 5 nitrogen and oxygen atoms in total. The normalized spacial score (nSPS) is 12.4. The van der Waals surface area contributed by atoms with Crippen molar-refractivity contribution >= 4 is 5.69 Å². The lowest BCUT2D eigenvalue weighted by molar-refractivity contribution is 0.174. The van der Waals surface area contributed by atoms with E-state index in [1.54, 1.807) is 30.3 Å². The second-order valence-corrected chi connectivity index (χ2v) is 4.24. The first kappa shape index (κ1) is 11.5. The van der Waals surface area contributed by atoms with Crippen molar-refractivity contribution in [2.24, 2.45) is 0 Å². The first-order chi connectivity index (χ1) is 9.22. The maximum Gasteiger partial charge on any atom is 0.231 e. The predicted molar refractivity (Wildman–Crippen MR) is 69.7 cm³/mol. The highest BCUT2D eigenvalue weighted by molar-refractivity contribution is 5.53. The summed E-state index contributed by atoms with van der Waals surface area (Å²) in [6, 6.07) is 10.1. The van der Waals surface area contributed by atoms with Crippen molar-refractivity contribution in [2.45, 2.75) is 6.54 Å². The van der Waals surface area contributed by atoms with Gasteiger partial charge < -0.3 is 25.0 Å². The predicted octanol–water partition coefficient (Wildman–Crippen LogP) is 2.44. The summed E-state index contributed by atoms with van der Waals surface area (Å²) >= 11 is 0. The molecule has 0 atom stereocenters. The first-order valence-corrected chi connectivity index (χ1v) is 5.87. The molecule has 0 fully saturated rings. The van der Waals surface area contributed by atoms with E-state index in [1.165, 1.54) is 0 Å². The Kier molecular flexibility index (Phi) is 2.79. The van der Waals surface area contributed by atoms with Gasteiger partial charge in [-0.05, 0) is 18.2 Å². The molecule has 0 aromatic heterocycles. The fourth-order valence-electron chi connectivity index (χ4n) is 1.93. The summed E-state index contributed by atoms with van der Waals surface area (Å²) in [5.41, 5.74) is 1.48. The maximum absolute atomic E-state index is 9.88. The van der Waals surface area contributed by atoms with Gasteiger partial charge in [-0.15, -0.1) is 0 Å². The standard InChI is InChI=1S/C14H13NO4/c16-11-3-1-2-10(5-11)15-7-9-4-13-14(6-12(9)17)19-8-18-13/h1-6,15-17H,7-8H2. The Labute approximate surface area is 110 Å². The Morgan fingerprint density at radius 1 is 1.05 bits per heavy atom. The molecule has 2 aromatic carbocycles. The third-order valence-corrected chi connectivity index (χ3v) is 2.90. The number of phenolic OH excluding ortho intramolecular Hbond substituents is 2. The van der Waals surface area contributed by atoms with Crippen LogP contribution in [0.5, 0.6) is 23.0 Å². The van der Waals surface area contributed by atoms with E-state index in [4.69, 9.17) is 9.47 Å². The summed E-state index contributed by atoms with van der Waals surface area (Å²) < 4.78 is 10.4. The summed E-state index contributed by atoms with van der Waals surface area (Å²) in [7, 11) is 0. The maximum atomic E-state index is 9.88. The van der Waals surface area contributed by atoms with E-state index in [1.807, 2.05) is 6.07 Å². The van der Waals surface area contributed by atoms with Crippen LogP contribution in [0.15, 0.2) is 36.4 Å². The molecule has 0 amide bonds. The molecule has 0 radical (unpaired) electrons. The molecule has 3 N–H and O–H groups in total. The second kappa shape index (κ2) is 4.61. The van der Waals surface area contributed by atoms with Gasteiger partial charge in [0.1, 0.15) is 11.5 Å². The summed E-state index contributed by atoms with van der Waals surface area (Å²) in [5.74, 6) is 1.53. The number of fused-ring (bicyclic) bond motifs is 1. The summed E-state index contributed by atoms with van der Waals surface area (Å²) in [6.45, 7) is 0.601. The third-order valence-electron chi connectivity index (χ3n) is 2.90. The topological polar surface area (TPSA) is 71.0 Å². The molecule has 98 valence electrons. The van der Waals surface area contributed by atoms with Crippen LogP contribution in [-0.4, -0.2) is 17.0 Å². The van der Waals surface area contributed by atoms with E-state index in [9.17, 15) is 10.2 Å². The number of nitrogens with one attached hydrogen (secondary N) is 1. The number of hydrogen-bond donors (Lipinski definition) is 3. The van der Waals surface area contributed by atoms with E-state index in [0.29, 0.717) is 23.6 Å². The Hall–Kier alpha value is -2.56. The molecule has 0 spiro atoms. The molecule has 0 bridgehead atoms. The lowest BCUT2D eigenvalue weighted by atomic mass is 10.1. The SMILES string of the molecule is Oc1cccc(NCc2cc3c(cc2O)OCO3)c1. The van der Waals surface area contributed by atoms with Gasteiger partial charge in [-0.2, -0.15) is 0 Å². The molecule has 1 heterocycles. The van der Waals surface area contributed by atoms with Crippen LogP contribution in [-0.2, 0) is 6.54 Å². The van der Waals surface area contributed by atoms with Crippen LogP contribution in [0, 0.1) is 0 Å². The van der Waals surface area contributed by atoms with Crippen molar-refractivity contribution in [1.82, 2.24) is 0 Å². The minimum atomic E-state index is 0.150.